The van der Waals surface area contributed by atoms with Crippen molar-refractivity contribution in [1.82, 2.24) is 14.9 Å². The maximum absolute atomic E-state index is 13.3. The minimum atomic E-state index is -0.415. The number of hydrogen-bond donors (Lipinski definition) is 1. The summed E-state index contributed by atoms with van der Waals surface area (Å²) in [7, 11) is 3.48. The van der Waals surface area contributed by atoms with Crippen LogP contribution in [-0.4, -0.2) is 22.6 Å². The first-order valence-corrected chi connectivity index (χ1v) is 8.22. The van der Waals surface area contributed by atoms with Crippen LogP contribution in [0.4, 0.5) is 4.39 Å². The fraction of sp³-hybridized carbons (Fsp3) is 0.200. The van der Waals surface area contributed by atoms with Gasteiger partial charge in [-0.2, -0.15) is 0 Å². The summed E-state index contributed by atoms with van der Waals surface area (Å²) in [5, 5.41) is 3.00. The molecular formula is C20H20FN3O2. The zero-order valence-electron chi connectivity index (χ0n) is 14.6. The molecule has 1 aromatic heterocycles. The minimum Gasteiger partial charge on any atom is -0.497 e. The number of carbonyl (C=O) groups is 1. The molecule has 1 unspecified atom stereocenters. The van der Waals surface area contributed by atoms with Crippen LogP contribution in [0.1, 0.15) is 23.0 Å². The number of halogens is 1. The lowest BCUT2D eigenvalue weighted by Gasteiger charge is -2.19. The quantitative estimate of drug-likeness (QED) is 0.741. The molecule has 1 amide bonds. The molecule has 0 bridgehead atoms. The van der Waals surface area contributed by atoms with Gasteiger partial charge in [0, 0.05) is 19.4 Å². The molecule has 3 aromatic rings. The Kier molecular flexibility index (Phi) is 5.31. The van der Waals surface area contributed by atoms with Crippen molar-refractivity contribution in [2.24, 2.45) is 7.05 Å². The first-order valence-electron chi connectivity index (χ1n) is 8.22. The molecule has 1 atom stereocenters. The van der Waals surface area contributed by atoms with Crippen molar-refractivity contribution in [2.45, 2.75) is 12.5 Å². The lowest BCUT2D eigenvalue weighted by atomic mass is 10.0. The van der Waals surface area contributed by atoms with Gasteiger partial charge in [-0.25, -0.2) is 9.37 Å². The second-order valence-corrected chi connectivity index (χ2v) is 5.98. The molecule has 0 aliphatic rings. The predicted molar refractivity (Wildman–Crippen MR) is 96.3 cm³/mol. The van der Waals surface area contributed by atoms with Gasteiger partial charge in [0.1, 0.15) is 23.4 Å². The van der Waals surface area contributed by atoms with Gasteiger partial charge in [0.05, 0.1) is 13.5 Å². The van der Waals surface area contributed by atoms with Crippen molar-refractivity contribution < 1.29 is 13.9 Å². The van der Waals surface area contributed by atoms with Gasteiger partial charge in [0.25, 0.3) is 0 Å². The Morgan fingerprint density at radius 3 is 2.65 bits per heavy atom. The number of amides is 1. The molecule has 0 saturated carbocycles. The third kappa shape index (κ3) is 4.08. The van der Waals surface area contributed by atoms with Crippen molar-refractivity contribution in [2.75, 3.05) is 7.11 Å². The zero-order chi connectivity index (χ0) is 18.5. The number of aromatic nitrogens is 2. The molecule has 2 aromatic carbocycles. The Morgan fingerprint density at radius 1 is 1.27 bits per heavy atom. The standard InChI is InChI=1S/C20H20FN3O2/c1-24-11-10-22-20(24)19(15-6-8-17(26-2)9-7-15)23-18(25)13-14-4-3-5-16(21)12-14/h3-12,19H,13H2,1-2H3,(H,23,25). The molecule has 0 radical (unpaired) electrons. The molecule has 26 heavy (non-hydrogen) atoms. The van der Waals surface area contributed by atoms with Crippen LogP contribution in [0.3, 0.4) is 0 Å². The van der Waals surface area contributed by atoms with E-state index in [0.29, 0.717) is 11.4 Å². The van der Waals surface area contributed by atoms with Crippen LogP contribution in [0.15, 0.2) is 60.9 Å². The molecule has 134 valence electrons. The van der Waals surface area contributed by atoms with Crippen molar-refractivity contribution in [3.8, 4) is 5.75 Å². The summed E-state index contributed by atoms with van der Waals surface area (Å²) in [6.07, 6.45) is 3.60. The highest BCUT2D eigenvalue weighted by Gasteiger charge is 2.21. The van der Waals surface area contributed by atoms with E-state index in [1.165, 1.54) is 12.1 Å². The molecule has 0 aliphatic heterocycles. The number of imidazole rings is 1. The number of rotatable bonds is 6. The van der Waals surface area contributed by atoms with Crippen LogP contribution in [0.2, 0.25) is 0 Å². The Labute approximate surface area is 151 Å². The second kappa shape index (κ2) is 7.82. The molecule has 0 fully saturated rings. The third-order valence-corrected chi connectivity index (χ3v) is 4.12. The monoisotopic (exact) mass is 353 g/mol. The van der Waals surface area contributed by atoms with E-state index in [0.717, 1.165) is 11.3 Å². The van der Waals surface area contributed by atoms with Crippen LogP contribution >= 0.6 is 0 Å². The SMILES string of the molecule is COc1ccc(C(NC(=O)Cc2cccc(F)c2)c2nccn2C)cc1. The first-order chi connectivity index (χ1) is 12.6. The van der Waals surface area contributed by atoms with Gasteiger partial charge in [-0.05, 0) is 35.4 Å². The zero-order valence-corrected chi connectivity index (χ0v) is 14.6. The van der Waals surface area contributed by atoms with Crippen LogP contribution in [0, 0.1) is 5.82 Å². The summed E-state index contributed by atoms with van der Waals surface area (Å²) in [4.78, 5) is 16.9. The smallest absolute Gasteiger partial charge is 0.225 e. The molecule has 3 rings (SSSR count). The number of carbonyl (C=O) groups excluding carboxylic acids is 1. The van der Waals surface area contributed by atoms with E-state index in [9.17, 15) is 9.18 Å². The van der Waals surface area contributed by atoms with Crippen LogP contribution in [0.25, 0.3) is 0 Å². The number of nitrogens with one attached hydrogen (secondary N) is 1. The minimum absolute atomic E-state index is 0.0921. The molecular weight excluding hydrogens is 333 g/mol. The highest BCUT2D eigenvalue weighted by Crippen LogP contribution is 2.23. The highest BCUT2D eigenvalue weighted by atomic mass is 19.1. The van der Waals surface area contributed by atoms with Gasteiger partial charge in [-0.3, -0.25) is 4.79 Å². The van der Waals surface area contributed by atoms with Crippen molar-refractivity contribution in [3.63, 3.8) is 0 Å². The van der Waals surface area contributed by atoms with Gasteiger partial charge >= 0.3 is 0 Å². The highest BCUT2D eigenvalue weighted by molar-refractivity contribution is 5.79. The summed E-state index contributed by atoms with van der Waals surface area (Å²) in [5.74, 6) is 0.881. The molecule has 0 aliphatic carbocycles. The van der Waals surface area contributed by atoms with E-state index in [1.807, 2.05) is 42.1 Å². The maximum atomic E-state index is 13.3. The Morgan fingerprint density at radius 2 is 2.04 bits per heavy atom. The maximum Gasteiger partial charge on any atom is 0.225 e. The van der Waals surface area contributed by atoms with E-state index in [2.05, 4.69) is 10.3 Å². The van der Waals surface area contributed by atoms with E-state index < -0.39 is 6.04 Å². The van der Waals surface area contributed by atoms with Crippen molar-refractivity contribution >= 4 is 5.91 Å². The normalized spacial score (nSPS) is 11.8. The van der Waals surface area contributed by atoms with E-state index in [-0.39, 0.29) is 18.1 Å². The van der Waals surface area contributed by atoms with Gasteiger partial charge in [-0.1, -0.05) is 24.3 Å². The Hall–Kier alpha value is -3.15. The lowest BCUT2D eigenvalue weighted by Crippen LogP contribution is -2.32. The second-order valence-electron chi connectivity index (χ2n) is 5.98. The summed E-state index contributed by atoms with van der Waals surface area (Å²) in [6.45, 7) is 0. The summed E-state index contributed by atoms with van der Waals surface area (Å²) < 4.78 is 20.4. The summed E-state index contributed by atoms with van der Waals surface area (Å²) in [6, 6.07) is 13.1. The largest absolute Gasteiger partial charge is 0.497 e. The van der Waals surface area contributed by atoms with E-state index in [1.54, 1.807) is 25.4 Å². The molecule has 0 spiro atoms. The topological polar surface area (TPSA) is 56.1 Å². The van der Waals surface area contributed by atoms with Crippen molar-refractivity contribution in [1.29, 1.82) is 0 Å². The van der Waals surface area contributed by atoms with Crippen LogP contribution < -0.4 is 10.1 Å². The fourth-order valence-electron chi connectivity index (χ4n) is 2.79. The van der Waals surface area contributed by atoms with Crippen molar-refractivity contribution in [3.05, 3.63) is 83.7 Å². The molecule has 1 N–H and O–H groups in total. The lowest BCUT2D eigenvalue weighted by molar-refractivity contribution is -0.121. The van der Waals surface area contributed by atoms with Gasteiger partial charge in [0.2, 0.25) is 5.91 Å². The van der Waals surface area contributed by atoms with Gasteiger partial charge in [0.15, 0.2) is 0 Å². The molecule has 1 heterocycles. The van der Waals surface area contributed by atoms with E-state index >= 15 is 0 Å². The first kappa shape index (κ1) is 17.7. The predicted octanol–water partition coefficient (Wildman–Crippen LogP) is 3.02. The van der Waals surface area contributed by atoms with Crippen LogP contribution in [-0.2, 0) is 18.3 Å². The number of ether oxygens (including phenoxy) is 1. The molecule has 5 nitrogen and oxygen atoms in total. The summed E-state index contributed by atoms with van der Waals surface area (Å²) >= 11 is 0. The Bertz CT molecular complexity index is 890. The average molecular weight is 353 g/mol. The number of hydrogen-bond acceptors (Lipinski definition) is 3. The number of nitrogens with zero attached hydrogens (tertiary/aromatic N) is 2. The number of methoxy groups -OCH3 is 1. The van der Waals surface area contributed by atoms with Gasteiger partial charge < -0.3 is 14.6 Å². The number of benzene rings is 2. The fourth-order valence-corrected chi connectivity index (χ4v) is 2.79. The van der Waals surface area contributed by atoms with Gasteiger partial charge in [-0.15, -0.1) is 0 Å². The summed E-state index contributed by atoms with van der Waals surface area (Å²) in [5.41, 5.74) is 1.50. The third-order valence-electron chi connectivity index (χ3n) is 4.12. The Balaban J connectivity index is 1.83. The molecule has 0 saturated heterocycles. The van der Waals surface area contributed by atoms with E-state index in [4.69, 9.17) is 4.74 Å². The number of aryl methyl sites for hydroxylation is 1. The average Bonchev–Trinajstić information content (AvgIpc) is 3.05. The van der Waals surface area contributed by atoms with Crippen LogP contribution in [0.5, 0.6) is 5.75 Å². The molecule has 6 heteroatoms.